The number of aliphatic hydroxyl groups is 1. The van der Waals surface area contributed by atoms with Crippen LogP contribution in [0.1, 0.15) is 99.3 Å². The normalized spacial score (nSPS) is 51.7. The van der Waals surface area contributed by atoms with Crippen LogP contribution >= 0.6 is 0 Å². The van der Waals surface area contributed by atoms with Crippen LogP contribution in [-0.4, -0.2) is 36.5 Å². The van der Waals surface area contributed by atoms with E-state index in [0.717, 1.165) is 24.2 Å². The lowest BCUT2D eigenvalue weighted by atomic mass is 9.46. The molecule has 4 nitrogen and oxygen atoms in total. The van der Waals surface area contributed by atoms with Gasteiger partial charge in [0, 0.05) is 6.92 Å². The molecule has 5 saturated carbocycles. The summed E-state index contributed by atoms with van der Waals surface area (Å²) in [5, 5.41) is 10.9. The molecule has 0 radical (unpaired) electrons. The van der Waals surface area contributed by atoms with Crippen molar-refractivity contribution in [3.8, 4) is 0 Å². The van der Waals surface area contributed by atoms with Crippen LogP contribution < -0.4 is 0 Å². The fourth-order valence-electron chi connectivity index (χ4n) is 11.1. The third-order valence-corrected chi connectivity index (χ3v) is 12.5. The van der Waals surface area contributed by atoms with Gasteiger partial charge in [0.05, 0.1) is 18.8 Å². The summed E-state index contributed by atoms with van der Waals surface area (Å²) < 4.78 is 11.6. The topological polar surface area (TPSA) is 55.8 Å². The van der Waals surface area contributed by atoms with Crippen LogP contribution in [0.4, 0.5) is 0 Å². The fraction of sp³-hybridized carbons (Fsp3) is 0.966. The second-order valence-corrected chi connectivity index (χ2v) is 13.4. The Labute approximate surface area is 201 Å². The van der Waals surface area contributed by atoms with Crippen molar-refractivity contribution in [1.82, 2.24) is 0 Å². The molecule has 0 saturated heterocycles. The van der Waals surface area contributed by atoms with Crippen molar-refractivity contribution in [2.75, 3.05) is 13.2 Å². The largest absolute Gasteiger partial charge is 0.463 e. The van der Waals surface area contributed by atoms with Crippen LogP contribution in [0.5, 0.6) is 0 Å². The average Bonchev–Trinajstić information content (AvgIpc) is 3.16. The molecule has 0 aromatic heterocycles. The minimum Gasteiger partial charge on any atom is -0.463 e. The Morgan fingerprint density at radius 1 is 1.00 bits per heavy atom. The summed E-state index contributed by atoms with van der Waals surface area (Å²) in [7, 11) is 0. The molecule has 5 unspecified atom stereocenters. The summed E-state index contributed by atoms with van der Waals surface area (Å²) >= 11 is 0. The summed E-state index contributed by atoms with van der Waals surface area (Å²) in [5.74, 6) is 3.44. The monoisotopic (exact) mass is 460 g/mol. The van der Waals surface area contributed by atoms with Crippen molar-refractivity contribution in [1.29, 1.82) is 0 Å². The first-order chi connectivity index (χ1) is 15.6. The second-order valence-electron chi connectivity index (χ2n) is 13.4. The molecule has 0 heterocycles. The van der Waals surface area contributed by atoms with Gasteiger partial charge in [0.2, 0.25) is 0 Å². The molecule has 0 amide bonds. The van der Waals surface area contributed by atoms with E-state index in [0.29, 0.717) is 47.4 Å². The zero-order valence-corrected chi connectivity index (χ0v) is 22.0. The van der Waals surface area contributed by atoms with Gasteiger partial charge in [-0.1, -0.05) is 41.0 Å². The predicted octanol–water partition coefficient (Wildman–Crippen LogP) is 6.00. The molecule has 0 aromatic carbocycles. The highest BCUT2D eigenvalue weighted by atomic mass is 16.6. The number of hydrogen-bond donors (Lipinski definition) is 1. The van der Waals surface area contributed by atoms with Gasteiger partial charge in [0.15, 0.2) is 0 Å². The van der Waals surface area contributed by atoms with Gasteiger partial charge in [-0.05, 0) is 103 Å². The Hall–Kier alpha value is -0.610. The van der Waals surface area contributed by atoms with Crippen molar-refractivity contribution in [2.24, 2.45) is 51.2 Å². The molecule has 0 aliphatic heterocycles. The fourth-order valence-corrected chi connectivity index (χ4v) is 11.1. The number of carbonyl (C=O) groups is 1. The van der Waals surface area contributed by atoms with Gasteiger partial charge >= 0.3 is 5.97 Å². The van der Waals surface area contributed by atoms with E-state index in [2.05, 4.69) is 34.6 Å². The Morgan fingerprint density at radius 3 is 2.45 bits per heavy atom. The SMILES string of the molecule is CCCC1C(OCCOC(C)=O)CC2[C@@H]3CCC4C(C)(C)[C@@H](O)CCC45[C@@H](C)[C@@]35CC[C@]12C. The van der Waals surface area contributed by atoms with Crippen LogP contribution in [0.25, 0.3) is 0 Å². The number of aliphatic hydroxyl groups excluding tert-OH is 1. The summed E-state index contributed by atoms with van der Waals surface area (Å²) in [6, 6.07) is 0. The van der Waals surface area contributed by atoms with Gasteiger partial charge in [0.25, 0.3) is 0 Å². The van der Waals surface area contributed by atoms with Gasteiger partial charge in [-0.3, -0.25) is 4.79 Å². The van der Waals surface area contributed by atoms with Crippen molar-refractivity contribution >= 4 is 5.97 Å². The molecule has 1 N–H and O–H groups in total. The first-order valence-electron chi connectivity index (χ1n) is 14.0. The smallest absolute Gasteiger partial charge is 0.302 e. The minimum atomic E-state index is -0.219. The van der Waals surface area contributed by atoms with Crippen LogP contribution in [0.3, 0.4) is 0 Å². The zero-order chi connectivity index (χ0) is 23.8. The van der Waals surface area contributed by atoms with Crippen LogP contribution in [0.15, 0.2) is 0 Å². The highest BCUT2D eigenvalue weighted by Crippen LogP contribution is 2.89. The molecule has 188 valence electrons. The summed E-state index contributed by atoms with van der Waals surface area (Å²) in [6.45, 7) is 14.6. The van der Waals surface area contributed by atoms with Crippen LogP contribution in [0.2, 0.25) is 0 Å². The molecule has 5 aliphatic rings. The van der Waals surface area contributed by atoms with Gasteiger partial charge < -0.3 is 14.6 Å². The minimum absolute atomic E-state index is 0.0461. The molecule has 5 fully saturated rings. The van der Waals surface area contributed by atoms with Crippen molar-refractivity contribution in [3.63, 3.8) is 0 Å². The highest BCUT2D eigenvalue weighted by molar-refractivity contribution is 5.65. The summed E-state index contributed by atoms with van der Waals surface area (Å²) in [5.41, 5.74) is 1.39. The first kappa shape index (κ1) is 24.1. The maximum absolute atomic E-state index is 11.2. The molecule has 0 aromatic rings. The Morgan fingerprint density at radius 2 is 1.76 bits per heavy atom. The average molecular weight is 461 g/mol. The lowest BCUT2D eigenvalue weighted by Crippen LogP contribution is -2.54. The van der Waals surface area contributed by atoms with E-state index in [1.807, 2.05) is 0 Å². The molecule has 33 heavy (non-hydrogen) atoms. The Bertz CT molecular complexity index is 778. The molecule has 0 bridgehead atoms. The van der Waals surface area contributed by atoms with Gasteiger partial charge in [0.1, 0.15) is 6.61 Å². The molecule has 5 aliphatic carbocycles. The number of rotatable bonds is 6. The number of carbonyl (C=O) groups excluding carboxylic acids is 1. The standard InChI is InChI=1S/C29H48O4/c1-7-8-21-23(33-16-15-32-19(3)30)17-22-20-9-10-24-26(4,5)25(31)11-12-29(24)18(2)28(20,29)14-13-27(21,22)6/h18,20-25,31H,7-17H2,1-6H3/t18-,20-,21?,22?,23?,24?,25-,27+,28-,29?/m0/s1. The number of esters is 1. The van der Waals surface area contributed by atoms with E-state index in [1.54, 1.807) is 0 Å². The summed E-state index contributed by atoms with van der Waals surface area (Å²) in [6.07, 6.45) is 11.4. The second kappa shape index (κ2) is 7.95. The van der Waals surface area contributed by atoms with E-state index in [9.17, 15) is 9.90 Å². The highest BCUT2D eigenvalue weighted by Gasteiger charge is 2.84. The van der Waals surface area contributed by atoms with E-state index in [4.69, 9.17) is 9.47 Å². The predicted molar refractivity (Wildman–Crippen MR) is 129 cm³/mol. The molecule has 10 atom stereocenters. The number of fused-ring (bicyclic) bond motifs is 2. The molecule has 5 rings (SSSR count). The van der Waals surface area contributed by atoms with Crippen LogP contribution in [-0.2, 0) is 14.3 Å². The lowest BCUT2D eigenvalue weighted by Gasteiger charge is -2.59. The van der Waals surface area contributed by atoms with Gasteiger partial charge in [-0.2, -0.15) is 0 Å². The molecular weight excluding hydrogens is 412 g/mol. The van der Waals surface area contributed by atoms with Crippen molar-refractivity contribution in [3.05, 3.63) is 0 Å². The van der Waals surface area contributed by atoms with E-state index >= 15 is 0 Å². The van der Waals surface area contributed by atoms with Gasteiger partial charge in [-0.25, -0.2) is 0 Å². The third kappa shape index (κ3) is 3.04. The first-order valence-corrected chi connectivity index (χ1v) is 14.0. The van der Waals surface area contributed by atoms with Crippen molar-refractivity contribution in [2.45, 2.75) is 112 Å². The quantitative estimate of drug-likeness (QED) is 0.390. The van der Waals surface area contributed by atoms with Crippen LogP contribution in [0, 0.1) is 51.2 Å². The maximum atomic E-state index is 11.2. The Balaban J connectivity index is 1.40. The Kier molecular flexibility index (Phi) is 5.81. The maximum Gasteiger partial charge on any atom is 0.302 e. The van der Waals surface area contributed by atoms with E-state index in [1.165, 1.54) is 58.3 Å². The van der Waals surface area contributed by atoms with E-state index in [-0.39, 0.29) is 17.5 Å². The molecule has 2 spiro atoms. The third-order valence-electron chi connectivity index (χ3n) is 12.5. The van der Waals surface area contributed by atoms with Crippen molar-refractivity contribution < 1.29 is 19.4 Å². The van der Waals surface area contributed by atoms with E-state index < -0.39 is 0 Å². The lowest BCUT2D eigenvalue weighted by molar-refractivity contribution is -0.143. The van der Waals surface area contributed by atoms with Gasteiger partial charge in [-0.15, -0.1) is 0 Å². The molecule has 4 heteroatoms. The number of ether oxygens (including phenoxy) is 2. The number of hydrogen-bond acceptors (Lipinski definition) is 4. The molecular formula is C29H48O4. The summed E-state index contributed by atoms with van der Waals surface area (Å²) in [4.78, 5) is 11.2. The zero-order valence-electron chi connectivity index (χ0n) is 22.0.